The summed E-state index contributed by atoms with van der Waals surface area (Å²) in [5, 5.41) is 0. The SMILES string of the molecule is CC(C)CCC(=O)C(C)(C)c1ccc(-c2ccccc2C=O)cc1. The fraction of sp³-hybridized carbons (Fsp3) is 0.364. The van der Waals surface area contributed by atoms with Crippen LogP contribution in [-0.4, -0.2) is 12.1 Å². The van der Waals surface area contributed by atoms with Gasteiger partial charge in [0.15, 0.2) is 6.29 Å². The normalized spacial score (nSPS) is 11.5. The van der Waals surface area contributed by atoms with Gasteiger partial charge in [0, 0.05) is 17.4 Å². The van der Waals surface area contributed by atoms with Gasteiger partial charge >= 0.3 is 0 Å². The summed E-state index contributed by atoms with van der Waals surface area (Å²) in [6, 6.07) is 15.5. The highest BCUT2D eigenvalue weighted by atomic mass is 16.1. The van der Waals surface area contributed by atoms with Gasteiger partial charge in [-0.3, -0.25) is 9.59 Å². The van der Waals surface area contributed by atoms with Crippen LogP contribution < -0.4 is 0 Å². The molecule has 0 aliphatic carbocycles. The first-order chi connectivity index (χ1) is 11.4. The average Bonchev–Trinajstić information content (AvgIpc) is 2.59. The van der Waals surface area contributed by atoms with Crippen molar-refractivity contribution in [3.63, 3.8) is 0 Å². The molecule has 2 aromatic carbocycles. The van der Waals surface area contributed by atoms with Crippen molar-refractivity contribution in [2.75, 3.05) is 0 Å². The summed E-state index contributed by atoms with van der Waals surface area (Å²) in [7, 11) is 0. The molecular formula is C22H26O2. The molecule has 0 heterocycles. The Bertz CT molecular complexity index is 709. The lowest BCUT2D eigenvalue weighted by molar-refractivity contribution is -0.123. The molecule has 0 radical (unpaired) electrons. The lowest BCUT2D eigenvalue weighted by Gasteiger charge is -2.24. The maximum absolute atomic E-state index is 12.6. The number of hydrogen-bond acceptors (Lipinski definition) is 2. The molecule has 2 heteroatoms. The Labute approximate surface area is 144 Å². The van der Waals surface area contributed by atoms with E-state index in [0.717, 1.165) is 29.4 Å². The minimum Gasteiger partial charge on any atom is -0.299 e. The molecule has 126 valence electrons. The molecule has 0 bridgehead atoms. The standard InChI is InChI=1S/C22H26O2/c1-16(2)9-14-21(24)22(3,4)19-12-10-17(11-13-19)20-8-6-5-7-18(20)15-23/h5-8,10-13,15-16H,9,14H2,1-4H3. The number of Topliss-reactive ketones (excluding diaryl/α,β-unsaturated/α-hetero) is 1. The minimum atomic E-state index is -0.488. The number of hydrogen-bond donors (Lipinski definition) is 0. The largest absolute Gasteiger partial charge is 0.299 e. The number of ketones is 1. The highest BCUT2D eigenvalue weighted by Crippen LogP contribution is 2.30. The second kappa shape index (κ2) is 7.57. The predicted molar refractivity (Wildman–Crippen MR) is 99.4 cm³/mol. The molecule has 2 aromatic rings. The monoisotopic (exact) mass is 322 g/mol. The van der Waals surface area contributed by atoms with Gasteiger partial charge < -0.3 is 0 Å². The molecule has 0 atom stereocenters. The van der Waals surface area contributed by atoms with E-state index in [1.807, 2.05) is 62.4 Å². The Balaban J connectivity index is 2.25. The Morgan fingerprint density at radius 2 is 1.67 bits per heavy atom. The summed E-state index contributed by atoms with van der Waals surface area (Å²) in [4.78, 5) is 23.8. The number of rotatable bonds is 7. The van der Waals surface area contributed by atoms with Crippen LogP contribution in [-0.2, 0) is 10.2 Å². The topological polar surface area (TPSA) is 34.1 Å². The number of aldehydes is 1. The fourth-order valence-corrected chi connectivity index (χ4v) is 2.82. The van der Waals surface area contributed by atoms with Crippen molar-refractivity contribution in [2.45, 2.75) is 46.0 Å². The van der Waals surface area contributed by atoms with Gasteiger partial charge in [-0.25, -0.2) is 0 Å². The lowest BCUT2D eigenvalue weighted by Crippen LogP contribution is -2.29. The van der Waals surface area contributed by atoms with Crippen LogP contribution in [0.4, 0.5) is 0 Å². The maximum atomic E-state index is 12.6. The van der Waals surface area contributed by atoms with Crippen LogP contribution in [0.3, 0.4) is 0 Å². The van der Waals surface area contributed by atoms with E-state index < -0.39 is 5.41 Å². The Morgan fingerprint density at radius 3 is 2.25 bits per heavy atom. The summed E-state index contributed by atoms with van der Waals surface area (Å²) < 4.78 is 0. The van der Waals surface area contributed by atoms with Crippen molar-refractivity contribution in [1.82, 2.24) is 0 Å². The third-order valence-electron chi connectivity index (χ3n) is 4.65. The number of carbonyl (C=O) groups is 2. The van der Waals surface area contributed by atoms with Crippen LogP contribution in [0.15, 0.2) is 48.5 Å². The quantitative estimate of drug-likeness (QED) is 0.635. The van der Waals surface area contributed by atoms with E-state index in [2.05, 4.69) is 13.8 Å². The second-order valence-corrected chi connectivity index (χ2v) is 7.26. The van der Waals surface area contributed by atoms with E-state index >= 15 is 0 Å². The van der Waals surface area contributed by atoms with Gasteiger partial charge in [0.2, 0.25) is 0 Å². The molecule has 0 N–H and O–H groups in total. The van der Waals surface area contributed by atoms with Gasteiger partial charge in [0.25, 0.3) is 0 Å². The van der Waals surface area contributed by atoms with Crippen LogP contribution >= 0.6 is 0 Å². The first kappa shape index (κ1) is 18.1. The highest BCUT2D eigenvalue weighted by molar-refractivity contribution is 5.90. The summed E-state index contributed by atoms with van der Waals surface area (Å²) in [6.45, 7) is 8.26. The molecule has 0 saturated carbocycles. The van der Waals surface area contributed by atoms with E-state index in [1.165, 1.54) is 0 Å². The number of carbonyl (C=O) groups excluding carboxylic acids is 2. The summed E-state index contributed by atoms with van der Waals surface area (Å²) in [6.07, 6.45) is 2.41. The van der Waals surface area contributed by atoms with Gasteiger partial charge in [0.1, 0.15) is 5.78 Å². The van der Waals surface area contributed by atoms with E-state index in [-0.39, 0.29) is 5.78 Å². The summed E-state index contributed by atoms with van der Waals surface area (Å²) >= 11 is 0. The van der Waals surface area contributed by atoms with Crippen molar-refractivity contribution in [2.24, 2.45) is 5.92 Å². The van der Waals surface area contributed by atoms with Gasteiger partial charge in [-0.2, -0.15) is 0 Å². The third kappa shape index (κ3) is 4.00. The molecule has 0 aliphatic rings. The van der Waals surface area contributed by atoms with Crippen LogP contribution in [0, 0.1) is 5.92 Å². The second-order valence-electron chi connectivity index (χ2n) is 7.26. The first-order valence-electron chi connectivity index (χ1n) is 8.54. The minimum absolute atomic E-state index is 0.275. The molecule has 0 fully saturated rings. The molecule has 0 amide bonds. The van der Waals surface area contributed by atoms with Gasteiger partial charge in [-0.05, 0) is 42.9 Å². The zero-order chi connectivity index (χ0) is 17.7. The molecule has 0 saturated heterocycles. The van der Waals surface area contributed by atoms with Crippen molar-refractivity contribution in [1.29, 1.82) is 0 Å². The molecule has 24 heavy (non-hydrogen) atoms. The summed E-state index contributed by atoms with van der Waals surface area (Å²) in [5.74, 6) is 0.809. The molecule has 2 nitrogen and oxygen atoms in total. The van der Waals surface area contributed by atoms with Crippen LogP contribution in [0.25, 0.3) is 11.1 Å². The van der Waals surface area contributed by atoms with E-state index in [1.54, 1.807) is 0 Å². The van der Waals surface area contributed by atoms with Crippen molar-refractivity contribution >= 4 is 12.1 Å². The number of benzene rings is 2. The molecule has 0 aromatic heterocycles. The van der Waals surface area contributed by atoms with Gasteiger partial charge in [0.05, 0.1) is 0 Å². The zero-order valence-electron chi connectivity index (χ0n) is 15.0. The summed E-state index contributed by atoms with van der Waals surface area (Å²) in [5.41, 5.74) is 3.12. The molecule has 0 spiro atoms. The zero-order valence-corrected chi connectivity index (χ0v) is 15.0. The molecule has 0 aliphatic heterocycles. The van der Waals surface area contributed by atoms with Gasteiger partial charge in [-0.15, -0.1) is 0 Å². The Hall–Kier alpha value is -2.22. The first-order valence-corrected chi connectivity index (χ1v) is 8.54. The van der Waals surface area contributed by atoms with E-state index in [4.69, 9.17) is 0 Å². The van der Waals surface area contributed by atoms with E-state index in [0.29, 0.717) is 17.9 Å². The van der Waals surface area contributed by atoms with Crippen LogP contribution in [0.5, 0.6) is 0 Å². The van der Waals surface area contributed by atoms with Crippen molar-refractivity contribution in [3.05, 3.63) is 59.7 Å². The smallest absolute Gasteiger partial charge is 0.150 e. The maximum Gasteiger partial charge on any atom is 0.150 e. The molecular weight excluding hydrogens is 296 g/mol. The van der Waals surface area contributed by atoms with Crippen molar-refractivity contribution < 1.29 is 9.59 Å². The molecule has 0 unspecified atom stereocenters. The molecule has 2 rings (SSSR count). The third-order valence-corrected chi connectivity index (χ3v) is 4.65. The predicted octanol–water partition coefficient (Wildman–Crippen LogP) is 5.45. The lowest BCUT2D eigenvalue weighted by atomic mass is 9.78. The van der Waals surface area contributed by atoms with Crippen molar-refractivity contribution in [3.8, 4) is 11.1 Å². The van der Waals surface area contributed by atoms with Gasteiger partial charge in [-0.1, -0.05) is 62.4 Å². The average molecular weight is 322 g/mol. The fourth-order valence-electron chi connectivity index (χ4n) is 2.82. The van der Waals surface area contributed by atoms with E-state index in [9.17, 15) is 9.59 Å². The Kier molecular flexibility index (Phi) is 5.71. The Morgan fingerprint density at radius 1 is 1.04 bits per heavy atom. The highest BCUT2D eigenvalue weighted by Gasteiger charge is 2.29. The van der Waals surface area contributed by atoms with Crippen LogP contribution in [0.2, 0.25) is 0 Å². The van der Waals surface area contributed by atoms with Crippen LogP contribution in [0.1, 0.15) is 56.5 Å².